The van der Waals surface area contributed by atoms with Crippen LogP contribution in [0.4, 0.5) is 22.0 Å². The van der Waals surface area contributed by atoms with Crippen LogP contribution >= 0.6 is 15.9 Å². The van der Waals surface area contributed by atoms with Crippen molar-refractivity contribution < 1.29 is 26.7 Å². The van der Waals surface area contributed by atoms with Gasteiger partial charge in [0.25, 0.3) is 0 Å². The highest BCUT2D eigenvalue weighted by molar-refractivity contribution is 9.10. The summed E-state index contributed by atoms with van der Waals surface area (Å²) in [5.74, 6) is -3.02. The maximum atomic E-state index is 13.4. The number of benzene rings is 2. The molecule has 1 nitrogen and oxygen atoms in total. The number of carbonyl (C=O) groups excluding carboxylic acids is 1. The fourth-order valence-corrected chi connectivity index (χ4v) is 1.94. The van der Waals surface area contributed by atoms with Crippen LogP contribution in [0.1, 0.15) is 21.5 Å². The summed E-state index contributed by atoms with van der Waals surface area (Å²) in [6.45, 7) is 0. The second-order valence-electron chi connectivity index (χ2n) is 4.15. The van der Waals surface area contributed by atoms with Gasteiger partial charge >= 0.3 is 6.18 Å². The van der Waals surface area contributed by atoms with Gasteiger partial charge in [-0.05, 0) is 46.3 Å². The Balaban J connectivity index is 2.40. The van der Waals surface area contributed by atoms with Crippen LogP contribution in [0.15, 0.2) is 40.9 Å². The molecule has 21 heavy (non-hydrogen) atoms. The van der Waals surface area contributed by atoms with E-state index in [1.807, 2.05) is 0 Å². The summed E-state index contributed by atoms with van der Waals surface area (Å²) in [7, 11) is 0. The van der Waals surface area contributed by atoms with Crippen LogP contribution in [0.25, 0.3) is 0 Å². The molecule has 0 spiro atoms. The molecule has 0 aliphatic heterocycles. The second kappa shape index (κ2) is 5.55. The van der Waals surface area contributed by atoms with Gasteiger partial charge in [0.1, 0.15) is 11.6 Å². The quantitative estimate of drug-likeness (QED) is 0.542. The van der Waals surface area contributed by atoms with Crippen LogP contribution in [0, 0.1) is 11.6 Å². The van der Waals surface area contributed by atoms with Gasteiger partial charge in [0.05, 0.1) is 10.0 Å². The predicted molar refractivity (Wildman–Crippen MR) is 68.9 cm³/mol. The lowest BCUT2D eigenvalue weighted by Gasteiger charge is -2.09. The third-order valence-corrected chi connectivity index (χ3v) is 3.36. The smallest absolute Gasteiger partial charge is 0.289 e. The number of hydrogen-bond donors (Lipinski definition) is 0. The summed E-state index contributed by atoms with van der Waals surface area (Å²) >= 11 is 2.91. The number of hydrogen-bond acceptors (Lipinski definition) is 1. The molecule has 0 saturated carbocycles. The Morgan fingerprint density at radius 2 is 1.43 bits per heavy atom. The molecule has 2 rings (SSSR count). The van der Waals surface area contributed by atoms with Crippen LogP contribution < -0.4 is 0 Å². The van der Waals surface area contributed by atoms with Crippen molar-refractivity contribution in [3.63, 3.8) is 0 Å². The fourth-order valence-electron chi connectivity index (χ4n) is 1.69. The maximum Gasteiger partial charge on any atom is 0.419 e. The summed E-state index contributed by atoms with van der Waals surface area (Å²) in [5, 5.41) is 0. The molecule has 0 N–H and O–H groups in total. The largest absolute Gasteiger partial charge is 0.419 e. The summed E-state index contributed by atoms with van der Waals surface area (Å²) in [6, 6.07) is 5.31. The summed E-state index contributed by atoms with van der Waals surface area (Å²) in [4.78, 5) is 12.0. The zero-order valence-corrected chi connectivity index (χ0v) is 11.7. The highest BCUT2D eigenvalue weighted by Gasteiger charge is 2.34. The van der Waals surface area contributed by atoms with E-state index in [9.17, 15) is 26.7 Å². The lowest BCUT2D eigenvalue weighted by molar-refractivity contribution is -0.140. The van der Waals surface area contributed by atoms with Crippen molar-refractivity contribution in [1.82, 2.24) is 0 Å². The molecule has 0 saturated heterocycles. The fraction of sp³-hybridized carbons (Fsp3) is 0.0714. The first-order valence-corrected chi connectivity index (χ1v) is 6.36. The van der Waals surface area contributed by atoms with Crippen molar-refractivity contribution in [1.29, 1.82) is 0 Å². The van der Waals surface area contributed by atoms with Crippen molar-refractivity contribution in [2.45, 2.75) is 6.18 Å². The summed E-state index contributed by atoms with van der Waals surface area (Å²) in [5.41, 5.74) is -1.84. The third-order valence-electron chi connectivity index (χ3n) is 2.72. The van der Waals surface area contributed by atoms with Crippen molar-refractivity contribution in [2.24, 2.45) is 0 Å². The van der Waals surface area contributed by atoms with Crippen LogP contribution in [-0.4, -0.2) is 5.78 Å². The standard InChI is InChI=1S/C14H6BrF5O/c15-10-4-2-8(6-12(10)17)13(21)7-1-3-9(11(16)5-7)14(18,19)20/h1-6H. The molecule has 0 bridgehead atoms. The van der Waals surface area contributed by atoms with Crippen molar-refractivity contribution >= 4 is 21.7 Å². The highest BCUT2D eigenvalue weighted by atomic mass is 79.9. The summed E-state index contributed by atoms with van der Waals surface area (Å²) < 4.78 is 64.1. The van der Waals surface area contributed by atoms with Crippen molar-refractivity contribution in [2.75, 3.05) is 0 Å². The molecule has 0 aromatic heterocycles. The second-order valence-corrected chi connectivity index (χ2v) is 5.00. The van der Waals surface area contributed by atoms with Gasteiger partial charge in [-0.2, -0.15) is 13.2 Å². The molecule has 0 radical (unpaired) electrons. The van der Waals surface area contributed by atoms with Gasteiger partial charge in [-0.3, -0.25) is 4.79 Å². The molecule has 0 aliphatic rings. The monoisotopic (exact) mass is 364 g/mol. The van der Waals surface area contributed by atoms with Crippen LogP contribution in [0.2, 0.25) is 0 Å². The first-order valence-electron chi connectivity index (χ1n) is 5.56. The lowest BCUT2D eigenvalue weighted by Crippen LogP contribution is -2.10. The normalized spacial score (nSPS) is 11.5. The van der Waals surface area contributed by atoms with Crippen molar-refractivity contribution in [3.05, 3.63) is 69.2 Å². The van der Waals surface area contributed by atoms with E-state index in [0.717, 1.165) is 12.1 Å². The molecular weight excluding hydrogens is 359 g/mol. The highest BCUT2D eigenvalue weighted by Crippen LogP contribution is 2.32. The van der Waals surface area contributed by atoms with Gasteiger partial charge in [-0.1, -0.05) is 6.07 Å². The molecule has 0 fully saturated rings. The van der Waals surface area contributed by atoms with E-state index in [1.165, 1.54) is 12.1 Å². The van der Waals surface area contributed by atoms with E-state index in [4.69, 9.17) is 0 Å². The lowest BCUT2D eigenvalue weighted by atomic mass is 10.0. The van der Waals surface area contributed by atoms with E-state index < -0.39 is 29.2 Å². The zero-order chi connectivity index (χ0) is 15.8. The molecule has 0 unspecified atom stereocenters. The van der Waals surface area contributed by atoms with Gasteiger partial charge in [0.15, 0.2) is 5.78 Å². The average molecular weight is 365 g/mol. The first kappa shape index (κ1) is 15.6. The van der Waals surface area contributed by atoms with Gasteiger partial charge in [-0.25, -0.2) is 8.78 Å². The molecule has 7 heteroatoms. The Labute approximate surface area is 124 Å². The molecule has 0 amide bonds. The van der Waals surface area contributed by atoms with Crippen molar-refractivity contribution in [3.8, 4) is 0 Å². The number of alkyl halides is 3. The topological polar surface area (TPSA) is 17.1 Å². The maximum absolute atomic E-state index is 13.4. The Hall–Kier alpha value is -1.76. The molecule has 2 aromatic rings. The minimum atomic E-state index is -4.84. The summed E-state index contributed by atoms with van der Waals surface area (Å²) in [6.07, 6.45) is -4.84. The Kier molecular flexibility index (Phi) is 4.13. The van der Waals surface area contributed by atoms with Crippen LogP contribution in [0.3, 0.4) is 0 Å². The molecule has 2 aromatic carbocycles. The Morgan fingerprint density at radius 1 is 0.905 bits per heavy atom. The Bertz CT molecular complexity index is 709. The van der Waals surface area contributed by atoms with Gasteiger partial charge in [-0.15, -0.1) is 0 Å². The molecular formula is C14H6BrF5O. The van der Waals surface area contributed by atoms with Crippen LogP contribution in [0.5, 0.6) is 0 Å². The third kappa shape index (κ3) is 3.29. The number of rotatable bonds is 2. The minimum absolute atomic E-state index is 0.0881. The van der Waals surface area contributed by atoms with Gasteiger partial charge in [0, 0.05) is 11.1 Å². The zero-order valence-electron chi connectivity index (χ0n) is 10.1. The Morgan fingerprint density at radius 3 is 1.90 bits per heavy atom. The van der Waals surface area contributed by atoms with Gasteiger partial charge < -0.3 is 0 Å². The molecule has 110 valence electrons. The molecule has 0 heterocycles. The predicted octanol–water partition coefficient (Wildman–Crippen LogP) is 4.98. The van der Waals surface area contributed by atoms with E-state index in [0.29, 0.717) is 12.1 Å². The van der Waals surface area contributed by atoms with E-state index in [2.05, 4.69) is 15.9 Å². The molecule has 0 atom stereocenters. The minimum Gasteiger partial charge on any atom is -0.289 e. The average Bonchev–Trinajstić information content (AvgIpc) is 2.39. The number of halogens is 6. The van der Waals surface area contributed by atoms with E-state index in [1.54, 1.807) is 0 Å². The SMILES string of the molecule is O=C(c1ccc(Br)c(F)c1)c1ccc(C(F)(F)F)c(F)c1. The van der Waals surface area contributed by atoms with Gasteiger partial charge in [0.2, 0.25) is 0 Å². The number of carbonyl (C=O) groups is 1. The first-order chi connectivity index (χ1) is 9.70. The van der Waals surface area contributed by atoms with Crippen LogP contribution in [-0.2, 0) is 6.18 Å². The molecule has 0 aliphatic carbocycles. The van der Waals surface area contributed by atoms with E-state index in [-0.39, 0.29) is 15.6 Å². The number of ketones is 1. The van der Waals surface area contributed by atoms with E-state index >= 15 is 0 Å².